The monoisotopic (exact) mass is 343 g/mol. The van der Waals surface area contributed by atoms with Gasteiger partial charge in [0.2, 0.25) is 0 Å². The van der Waals surface area contributed by atoms with Gasteiger partial charge in [0.1, 0.15) is 5.82 Å². The molecule has 6 heteroatoms. The predicted octanol–water partition coefficient (Wildman–Crippen LogP) is 3.90. The van der Waals surface area contributed by atoms with E-state index in [1.54, 1.807) is 35.3 Å². The highest BCUT2D eigenvalue weighted by Crippen LogP contribution is 2.14. The van der Waals surface area contributed by atoms with Crippen LogP contribution in [0.25, 0.3) is 5.69 Å². The summed E-state index contributed by atoms with van der Waals surface area (Å²) in [6.07, 6.45) is 3.46. The van der Waals surface area contributed by atoms with Crippen LogP contribution < -0.4 is 5.32 Å². The van der Waals surface area contributed by atoms with Crippen LogP contribution in [0.4, 0.5) is 4.39 Å². The molecule has 0 radical (unpaired) electrons. The maximum Gasteiger partial charge on any atom is 0.254 e. The van der Waals surface area contributed by atoms with E-state index in [2.05, 4.69) is 10.4 Å². The Morgan fingerprint density at radius 2 is 2.00 bits per heavy atom. The molecular weight excluding hydrogens is 329 g/mol. The van der Waals surface area contributed by atoms with E-state index in [1.165, 1.54) is 12.1 Å². The number of aryl methyl sites for hydroxylation is 1. The van der Waals surface area contributed by atoms with Crippen molar-refractivity contribution in [3.8, 4) is 5.69 Å². The van der Waals surface area contributed by atoms with Gasteiger partial charge in [0.15, 0.2) is 0 Å². The van der Waals surface area contributed by atoms with Gasteiger partial charge in [-0.15, -0.1) is 0 Å². The molecule has 0 aliphatic carbocycles. The minimum Gasteiger partial charge on any atom is -0.348 e. The molecule has 0 atom stereocenters. The highest BCUT2D eigenvalue weighted by atomic mass is 35.5. The summed E-state index contributed by atoms with van der Waals surface area (Å²) in [5.74, 6) is -0.981. The van der Waals surface area contributed by atoms with Crippen LogP contribution in [0.15, 0.2) is 54.9 Å². The van der Waals surface area contributed by atoms with E-state index in [0.717, 1.165) is 16.8 Å². The molecule has 0 bridgehead atoms. The first kappa shape index (κ1) is 16.2. The molecule has 3 aromatic rings. The normalized spacial score (nSPS) is 10.6. The maximum absolute atomic E-state index is 13.7. The van der Waals surface area contributed by atoms with Gasteiger partial charge in [-0.2, -0.15) is 5.10 Å². The summed E-state index contributed by atoms with van der Waals surface area (Å²) in [7, 11) is 0. The van der Waals surface area contributed by atoms with Gasteiger partial charge in [0.25, 0.3) is 5.91 Å². The Hall–Kier alpha value is -2.66. The third kappa shape index (κ3) is 3.63. The van der Waals surface area contributed by atoms with E-state index in [1.807, 2.05) is 19.1 Å². The topological polar surface area (TPSA) is 46.9 Å². The van der Waals surface area contributed by atoms with E-state index in [9.17, 15) is 9.18 Å². The number of hydrogen-bond acceptors (Lipinski definition) is 2. The third-order valence-corrected chi connectivity index (χ3v) is 3.80. The first-order valence-corrected chi connectivity index (χ1v) is 7.74. The molecule has 3 rings (SSSR count). The van der Waals surface area contributed by atoms with E-state index in [-0.39, 0.29) is 12.1 Å². The van der Waals surface area contributed by atoms with Crippen LogP contribution in [-0.4, -0.2) is 15.7 Å². The number of amides is 1. The number of rotatable bonds is 4. The van der Waals surface area contributed by atoms with Gasteiger partial charge < -0.3 is 5.32 Å². The van der Waals surface area contributed by atoms with Gasteiger partial charge in [0.05, 0.1) is 17.4 Å². The Morgan fingerprint density at radius 3 is 2.75 bits per heavy atom. The lowest BCUT2D eigenvalue weighted by molar-refractivity contribution is 0.0947. The molecule has 1 amide bonds. The Labute approximate surface area is 143 Å². The van der Waals surface area contributed by atoms with Crippen LogP contribution >= 0.6 is 11.6 Å². The van der Waals surface area contributed by atoms with Crippen LogP contribution in [0.3, 0.4) is 0 Å². The van der Waals surface area contributed by atoms with Crippen molar-refractivity contribution in [2.24, 2.45) is 0 Å². The van der Waals surface area contributed by atoms with Crippen molar-refractivity contribution in [2.45, 2.75) is 13.5 Å². The molecule has 0 saturated carbocycles. The van der Waals surface area contributed by atoms with Crippen molar-refractivity contribution in [2.75, 3.05) is 0 Å². The van der Waals surface area contributed by atoms with Gasteiger partial charge in [-0.3, -0.25) is 4.79 Å². The summed E-state index contributed by atoms with van der Waals surface area (Å²) < 4.78 is 15.4. The number of hydrogen-bond donors (Lipinski definition) is 1. The fourth-order valence-corrected chi connectivity index (χ4v) is 2.40. The molecule has 4 nitrogen and oxygen atoms in total. The van der Waals surface area contributed by atoms with Crippen LogP contribution in [0.1, 0.15) is 21.5 Å². The summed E-state index contributed by atoms with van der Waals surface area (Å²) in [6, 6.07) is 11.7. The second-order valence-corrected chi connectivity index (χ2v) is 5.87. The molecule has 24 heavy (non-hydrogen) atoms. The van der Waals surface area contributed by atoms with Crippen molar-refractivity contribution in [3.05, 3.63) is 82.4 Å². The highest BCUT2D eigenvalue weighted by molar-refractivity contribution is 6.30. The number of benzene rings is 2. The van der Waals surface area contributed by atoms with Gasteiger partial charge in [-0.1, -0.05) is 23.2 Å². The summed E-state index contributed by atoms with van der Waals surface area (Å²) >= 11 is 5.86. The average molecular weight is 344 g/mol. The quantitative estimate of drug-likeness (QED) is 0.781. The minimum atomic E-state index is -0.532. The molecule has 1 heterocycles. The zero-order valence-electron chi connectivity index (χ0n) is 13.0. The Bertz CT molecular complexity index is 874. The number of nitrogens with zero attached hydrogens (tertiary/aromatic N) is 2. The van der Waals surface area contributed by atoms with Crippen molar-refractivity contribution in [3.63, 3.8) is 0 Å². The highest BCUT2D eigenvalue weighted by Gasteiger charge is 2.12. The molecule has 0 unspecified atom stereocenters. The number of aromatic nitrogens is 2. The van der Waals surface area contributed by atoms with E-state index in [4.69, 9.17) is 11.6 Å². The van der Waals surface area contributed by atoms with Crippen molar-refractivity contribution in [1.29, 1.82) is 0 Å². The molecule has 122 valence electrons. The summed E-state index contributed by atoms with van der Waals surface area (Å²) in [5.41, 5.74) is 2.55. The Morgan fingerprint density at radius 1 is 1.25 bits per heavy atom. The largest absolute Gasteiger partial charge is 0.348 e. The molecular formula is C18H15ClFN3O. The molecule has 0 saturated heterocycles. The molecule has 0 fully saturated rings. The fraction of sp³-hybridized carbons (Fsp3) is 0.111. The van der Waals surface area contributed by atoms with Crippen LogP contribution in [0, 0.1) is 12.7 Å². The summed E-state index contributed by atoms with van der Waals surface area (Å²) in [6.45, 7) is 2.08. The molecule has 1 aromatic heterocycles. The second kappa shape index (κ2) is 6.84. The Kier molecular flexibility index (Phi) is 4.62. The van der Waals surface area contributed by atoms with Crippen LogP contribution in [0.5, 0.6) is 0 Å². The SMILES string of the molecule is Cc1ccc(F)c(C(=O)NCc2cnn(-c3ccc(Cl)cc3)c2)c1. The van der Waals surface area contributed by atoms with Crippen molar-refractivity contribution < 1.29 is 9.18 Å². The number of carbonyl (C=O) groups is 1. The van der Waals surface area contributed by atoms with Crippen LogP contribution in [-0.2, 0) is 6.54 Å². The zero-order chi connectivity index (χ0) is 17.1. The smallest absolute Gasteiger partial charge is 0.254 e. The second-order valence-electron chi connectivity index (χ2n) is 5.44. The minimum absolute atomic E-state index is 0.0418. The summed E-state index contributed by atoms with van der Waals surface area (Å²) in [4.78, 5) is 12.1. The maximum atomic E-state index is 13.7. The van der Waals surface area contributed by atoms with Crippen molar-refractivity contribution >= 4 is 17.5 Å². The first-order valence-electron chi connectivity index (χ1n) is 7.37. The van der Waals surface area contributed by atoms with Gasteiger partial charge >= 0.3 is 0 Å². The molecule has 0 aliphatic rings. The standard InChI is InChI=1S/C18H15ClFN3O/c1-12-2-7-17(20)16(8-12)18(24)21-9-13-10-22-23(11-13)15-5-3-14(19)4-6-15/h2-8,10-11H,9H2,1H3,(H,21,24). The van der Waals surface area contributed by atoms with E-state index < -0.39 is 11.7 Å². The lowest BCUT2D eigenvalue weighted by Gasteiger charge is -2.06. The van der Waals surface area contributed by atoms with Crippen LogP contribution in [0.2, 0.25) is 5.02 Å². The molecule has 0 spiro atoms. The zero-order valence-corrected chi connectivity index (χ0v) is 13.7. The fourth-order valence-electron chi connectivity index (χ4n) is 2.28. The van der Waals surface area contributed by atoms with Gasteiger partial charge in [0, 0.05) is 23.3 Å². The van der Waals surface area contributed by atoms with Crippen molar-refractivity contribution in [1.82, 2.24) is 15.1 Å². The molecule has 1 N–H and O–H groups in total. The predicted molar refractivity (Wildman–Crippen MR) is 90.9 cm³/mol. The number of nitrogens with one attached hydrogen (secondary N) is 1. The number of halogens is 2. The summed E-state index contributed by atoms with van der Waals surface area (Å²) in [5, 5.41) is 7.60. The lowest BCUT2D eigenvalue weighted by Crippen LogP contribution is -2.23. The third-order valence-electron chi connectivity index (χ3n) is 3.55. The molecule has 0 aliphatic heterocycles. The average Bonchev–Trinajstić information content (AvgIpc) is 3.04. The molecule has 2 aromatic carbocycles. The number of carbonyl (C=O) groups excluding carboxylic acids is 1. The Balaban J connectivity index is 1.68. The van der Waals surface area contributed by atoms with Gasteiger partial charge in [-0.25, -0.2) is 9.07 Å². The van der Waals surface area contributed by atoms with Gasteiger partial charge in [-0.05, 0) is 43.3 Å². The van der Waals surface area contributed by atoms with E-state index in [0.29, 0.717) is 5.02 Å². The first-order chi connectivity index (χ1) is 11.5. The lowest BCUT2D eigenvalue weighted by atomic mass is 10.1. The van der Waals surface area contributed by atoms with E-state index >= 15 is 0 Å².